The second-order valence-corrected chi connectivity index (χ2v) is 10.6. The quantitative estimate of drug-likeness (QED) is 0.178. The van der Waals surface area contributed by atoms with Crippen molar-refractivity contribution in [1.29, 1.82) is 0 Å². The van der Waals surface area contributed by atoms with Crippen LogP contribution in [0.25, 0.3) is 16.7 Å². The molecule has 9 heteroatoms. The smallest absolute Gasteiger partial charge is 0.333 e. The van der Waals surface area contributed by atoms with Crippen LogP contribution in [0.4, 0.5) is 0 Å². The van der Waals surface area contributed by atoms with Crippen molar-refractivity contribution < 1.29 is 24.1 Å². The van der Waals surface area contributed by atoms with Gasteiger partial charge in [-0.15, -0.1) is 0 Å². The lowest BCUT2D eigenvalue weighted by Crippen LogP contribution is -2.21. The number of fused-ring (bicyclic) bond motifs is 1. The number of carbonyl (C=O) groups is 1. The van der Waals surface area contributed by atoms with Gasteiger partial charge in [-0.3, -0.25) is 13.9 Å². The van der Waals surface area contributed by atoms with E-state index in [1.54, 1.807) is 58.6 Å². The van der Waals surface area contributed by atoms with Crippen molar-refractivity contribution in [1.82, 2.24) is 14.1 Å². The molecule has 0 radical (unpaired) electrons. The van der Waals surface area contributed by atoms with E-state index in [1.165, 1.54) is 0 Å². The zero-order chi connectivity index (χ0) is 31.3. The maximum atomic E-state index is 13.7. The number of ether oxygens (including phenoxy) is 3. The number of aliphatic carboxylic acids is 1. The van der Waals surface area contributed by atoms with Crippen molar-refractivity contribution in [2.75, 3.05) is 0 Å². The number of carboxylic acid groups (broad SMARTS) is 1. The Morgan fingerprint density at radius 2 is 1.47 bits per heavy atom. The first-order valence-corrected chi connectivity index (χ1v) is 14.4. The van der Waals surface area contributed by atoms with Crippen molar-refractivity contribution in [3.8, 4) is 28.9 Å². The molecule has 6 aromatic rings. The number of hydrogen-bond donors (Lipinski definition) is 1. The number of benzene rings is 4. The van der Waals surface area contributed by atoms with E-state index in [4.69, 9.17) is 19.3 Å². The summed E-state index contributed by atoms with van der Waals surface area (Å²) in [6.07, 6.45) is -0.0608. The predicted octanol–water partition coefficient (Wildman–Crippen LogP) is 6.61. The molecular weight excluding hydrogens is 570 g/mol. The molecule has 0 aliphatic rings. The largest absolute Gasteiger partial charge is 0.481 e. The van der Waals surface area contributed by atoms with Gasteiger partial charge < -0.3 is 19.3 Å². The Labute approximate surface area is 259 Å². The molecule has 0 saturated heterocycles. The van der Waals surface area contributed by atoms with E-state index in [0.29, 0.717) is 46.3 Å². The summed E-state index contributed by atoms with van der Waals surface area (Å²) in [6.45, 7) is 2.46. The third-order valence-corrected chi connectivity index (χ3v) is 7.35. The van der Waals surface area contributed by atoms with Gasteiger partial charge in [-0.2, -0.15) is 4.98 Å². The lowest BCUT2D eigenvalue weighted by Gasteiger charge is -2.14. The Morgan fingerprint density at radius 3 is 2.13 bits per heavy atom. The number of carboxylic acids is 1. The van der Waals surface area contributed by atoms with Crippen LogP contribution in [0.5, 0.6) is 23.3 Å². The van der Waals surface area contributed by atoms with Crippen molar-refractivity contribution in [3.63, 3.8) is 0 Å². The Morgan fingerprint density at radius 1 is 0.778 bits per heavy atom. The summed E-state index contributed by atoms with van der Waals surface area (Å²) in [4.78, 5) is 29.4. The topological polar surface area (TPSA) is 105 Å². The van der Waals surface area contributed by atoms with Gasteiger partial charge in [0.1, 0.15) is 30.4 Å². The van der Waals surface area contributed by atoms with Gasteiger partial charge in [0.2, 0.25) is 11.8 Å². The summed E-state index contributed by atoms with van der Waals surface area (Å²) in [5.74, 6) is 0.875. The highest BCUT2D eigenvalue weighted by Crippen LogP contribution is 2.31. The molecular formula is C36H31N3O6. The molecule has 226 valence electrons. The average Bonchev–Trinajstić information content (AvgIpc) is 3.29. The third-order valence-electron chi connectivity index (χ3n) is 7.35. The van der Waals surface area contributed by atoms with Gasteiger partial charge in [-0.25, -0.2) is 4.79 Å². The normalized spacial score (nSPS) is 11.0. The van der Waals surface area contributed by atoms with Crippen molar-refractivity contribution in [2.45, 2.75) is 26.6 Å². The highest BCUT2D eigenvalue weighted by molar-refractivity contribution is 5.80. The van der Waals surface area contributed by atoms with E-state index in [2.05, 4.69) is 4.98 Å². The monoisotopic (exact) mass is 601 g/mol. The highest BCUT2D eigenvalue weighted by Gasteiger charge is 2.19. The molecule has 45 heavy (non-hydrogen) atoms. The standard InChI is InChI=1S/C36H31N3O6/c1-24-19-27(20-34(40)41)13-17-32(24)45-28-14-15-29-31(21-28)38(2)36(42)39(29)30-16-18-33(43-22-25-9-5-3-6-10-25)37-35(30)44-23-26-11-7-4-8-12-26/h3-19,21H,20,22-23H2,1-2H3,(H,40,41). The molecule has 2 heterocycles. The third kappa shape index (κ3) is 6.57. The van der Waals surface area contributed by atoms with Crippen LogP contribution in [-0.2, 0) is 31.5 Å². The van der Waals surface area contributed by atoms with Crippen molar-refractivity contribution in [2.24, 2.45) is 7.05 Å². The summed E-state index contributed by atoms with van der Waals surface area (Å²) in [5, 5.41) is 9.10. The Balaban J connectivity index is 1.34. The fraction of sp³-hybridized carbons (Fsp3) is 0.139. The second kappa shape index (κ2) is 12.8. The minimum atomic E-state index is -0.892. The minimum Gasteiger partial charge on any atom is -0.481 e. The first kappa shape index (κ1) is 29.3. The number of aryl methyl sites for hydroxylation is 2. The van der Waals surface area contributed by atoms with Gasteiger partial charge in [-0.05, 0) is 53.4 Å². The summed E-state index contributed by atoms with van der Waals surface area (Å²) in [5.41, 5.74) is 4.96. The maximum absolute atomic E-state index is 13.7. The van der Waals surface area contributed by atoms with Crippen LogP contribution in [0.15, 0.2) is 114 Å². The van der Waals surface area contributed by atoms with E-state index in [1.807, 2.05) is 73.7 Å². The Hall–Kier alpha value is -5.83. The van der Waals surface area contributed by atoms with Gasteiger partial charge >= 0.3 is 11.7 Å². The lowest BCUT2D eigenvalue weighted by atomic mass is 10.1. The van der Waals surface area contributed by atoms with Gasteiger partial charge in [0.05, 0.1) is 17.5 Å². The number of rotatable bonds is 11. The highest BCUT2D eigenvalue weighted by atomic mass is 16.5. The average molecular weight is 602 g/mol. The van der Waals surface area contributed by atoms with E-state index in [-0.39, 0.29) is 24.6 Å². The predicted molar refractivity (Wildman–Crippen MR) is 170 cm³/mol. The Kier molecular flexibility index (Phi) is 8.32. The zero-order valence-corrected chi connectivity index (χ0v) is 24.8. The van der Waals surface area contributed by atoms with Crippen LogP contribution in [0.3, 0.4) is 0 Å². The molecule has 0 aliphatic carbocycles. The van der Waals surface area contributed by atoms with Crippen LogP contribution in [-0.4, -0.2) is 25.2 Å². The van der Waals surface area contributed by atoms with E-state index in [0.717, 1.165) is 16.7 Å². The molecule has 0 spiro atoms. The Bertz CT molecular complexity index is 2030. The molecule has 2 aromatic heterocycles. The molecule has 0 saturated carbocycles. The molecule has 0 bridgehead atoms. The molecule has 4 aromatic carbocycles. The maximum Gasteiger partial charge on any atom is 0.333 e. The molecule has 9 nitrogen and oxygen atoms in total. The van der Waals surface area contributed by atoms with E-state index < -0.39 is 5.97 Å². The SMILES string of the molecule is Cc1cc(CC(=O)O)ccc1Oc1ccc2c(c1)n(C)c(=O)n2-c1ccc(OCc2ccccc2)nc1OCc1ccccc1. The molecule has 0 unspecified atom stereocenters. The fourth-order valence-electron chi connectivity index (χ4n) is 5.08. The lowest BCUT2D eigenvalue weighted by molar-refractivity contribution is -0.136. The molecule has 0 amide bonds. The number of imidazole rings is 1. The van der Waals surface area contributed by atoms with Crippen LogP contribution < -0.4 is 19.9 Å². The van der Waals surface area contributed by atoms with Gasteiger partial charge in [-0.1, -0.05) is 72.8 Å². The number of pyridine rings is 1. The van der Waals surface area contributed by atoms with E-state index in [9.17, 15) is 9.59 Å². The van der Waals surface area contributed by atoms with Gasteiger partial charge in [0, 0.05) is 19.2 Å². The van der Waals surface area contributed by atoms with Crippen molar-refractivity contribution >= 4 is 17.0 Å². The first-order valence-electron chi connectivity index (χ1n) is 14.4. The van der Waals surface area contributed by atoms with Crippen LogP contribution >= 0.6 is 0 Å². The van der Waals surface area contributed by atoms with Crippen molar-refractivity contribution in [3.05, 3.63) is 142 Å². The zero-order valence-electron chi connectivity index (χ0n) is 24.8. The number of nitrogens with zero attached hydrogens (tertiary/aromatic N) is 3. The van der Waals surface area contributed by atoms with Crippen LogP contribution in [0.1, 0.15) is 22.3 Å². The number of hydrogen-bond acceptors (Lipinski definition) is 6. The molecule has 0 fully saturated rings. The summed E-state index contributed by atoms with van der Waals surface area (Å²) in [7, 11) is 1.70. The molecule has 6 rings (SSSR count). The van der Waals surface area contributed by atoms with Crippen LogP contribution in [0.2, 0.25) is 0 Å². The van der Waals surface area contributed by atoms with Gasteiger partial charge in [0.25, 0.3) is 0 Å². The van der Waals surface area contributed by atoms with E-state index >= 15 is 0 Å². The summed E-state index contributed by atoms with van der Waals surface area (Å²) >= 11 is 0. The summed E-state index contributed by atoms with van der Waals surface area (Å²) in [6, 6.07) is 33.7. The summed E-state index contributed by atoms with van der Waals surface area (Å²) < 4.78 is 21.5. The van der Waals surface area contributed by atoms with Crippen LogP contribution in [0, 0.1) is 6.92 Å². The van der Waals surface area contributed by atoms with Gasteiger partial charge in [0.15, 0.2) is 0 Å². The number of aromatic nitrogens is 3. The minimum absolute atomic E-state index is 0.0608. The molecule has 0 aliphatic heterocycles. The fourth-order valence-corrected chi connectivity index (χ4v) is 5.08. The molecule has 1 N–H and O–H groups in total. The molecule has 0 atom stereocenters. The first-order chi connectivity index (χ1) is 21.9. The second-order valence-electron chi connectivity index (χ2n) is 10.6.